The van der Waals surface area contributed by atoms with E-state index in [9.17, 15) is 13.5 Å². The van der Waals surface area contributed by atoms with Crippen LogP contribution in [0.1, 0.15) is 46.1 Å². The number of hydrogen-bond donors (Lipinski definition) is 1. The van der Waals surface area contributed by atoms with Gasteiger partial charge in [0, 0.05) is 11.3 Å². The molecule has 3 nitrogen and oxygen atoms in total. The zero-order chi connectivity index (χ0) is 14.8. The Morgan fingerprint density at radius 3 is 2.32 bits per heavy atom. The number of hydrogen-bond acceptors (Lipinski definition) is 3. The van der Waals surface area contributed by atoms with Crippen molar-refractivity contribution in [2.75, 3.05) is 5.75 Å². The molecular weight excluding hydrogens is 260 g/mol. The van der Waals surface area contributed by atoms with Crippen LogP contribution in [0.5, 0.6) is 0 Å². The lowest BCUT2D eigenvalue weighted by molar-refractivity contribution is 0.0465. The molecule has 1 heterocycles. The topological polar surface area (TPSA) is 54.4 Å². The van der Waals surface area contributed by atoms with Gasteiger partial charge in [0.2, 0.25) is 0 Å². The maximum atomic E-state index is 12.3. The Bertz CT molecular complexity index is 532. The molecule has 0 aromatic heterocycles. The molecule has 1 aromatic rings. The number of sulfone groups is 1. The zero-order valence-corrected chi connectivity index (χ0v) is 13.2. The predicted molar refractivity (Wildman–Crippen MR) is 78.0 cm³/mol. The Hall–Kier alpha value is -0.870. The van der Waals surface area contributed by atoms with Crippen molar-refractivity contribution in [1.82, 2.24) is 0 Å². The second-order valence-electron chi connectivity index (χ2n) is 5.52. The van der Waals surface area contributed by atoms with Crippen molar-refractivity contribution in [3.05, 3.63) is 29.8 Å². The highest BCUT2D eigenvalue weighted by Crippen LogP contribution is 2.40. The first-order valence-corrected chi connectivity index (χ1v) is 8.41. The van der Waals surface area contributed by atoms with Crippen molar-refractivity contribution in [2.24, 2.45) is 5.41 Å². The van der Waals surface area contributed by atoms with Gasteiger partial charge in [-0.3, -0.25) is 0 Å². The summed E-state index contributed by atoms with van der Waals surface area (Å²) in [6, 6.07) is 6.97. The summed E-state index contributed by atoms with van der Waals surface area (Å²) in [5, 5.41) is 10.3. The Morgan fingerprint density at radius 1 is 1.21 bits per heavy atom. The van der Waals surface area contributed by atoms with E-state index in [0.717, 1.165) is 5.56 Å². The molecule has 1 N–H and O–H groups in total. The van der Waals surface area contributed by atoms with Gasteiger partial charge in [-0.25, -0.2) is 8.42 Å². The van der Waals surface area contributed by atoms with Gasteiger partial charge in [-0.2, -0.15) is 0 Å². The Kier molecular flexibility index (Phi) is 4.80. The Labute approximate surface area is 116 Å². The van der Waals surface area contributed by atoms with Gasteiger partial charge in [0.1, 0.15) is 0 Å². The largest absolute Gasteiger partial charge is 0.392 e. The summed E-state index contributed by atoms with van der Waals surface area (Å²) in [7, 11) is -3.31. The highest BCUT2D eigenvalue weighted by molar-refractivity contribution is 7.91. The lowest BCUT2D eigenvalue weighted by Crippen LogP contribution is -2.36. The van der Waals surface area contributed by atoms with Crippen LogP contribution in [0.15, 0.2) is 29.2 Å². The van der Waals surface area contributed by atoms with Gasteiger partial charge in [-0.15, -0.1) is 0 Å². The van der Waals surface area contributed by atoms with E-state index >= 15 is 0 Å². The smallest absolute Gasteiger partial charge is 0.179 e. The van der Waals surface area contributed by atoms with Crippen molar-refractivity contribution < 1.29 is 13.5 Å². The average Bonchev–Trinajstić information content (AvgIpc) is 2.42. The van der Waals surface area contributed by atoms with E-state index in [1.807, 2.05) is 26.8 Å². The number of benzene rings is 1. The number of aliphatic hydroxyl groups is 1. The molecule has 0 saturated heterocycles. The van der Waals surface area contributed by atoms with E-state index in [1.165, 1.54) is 0 Å². The fourth-order valence-electron chi connectivity index (χ4n) is 2.64. The molecule has 1 aliphatic rings. The minimum absolute atomic E-state index is 0.0114. The lowest BCUT2D eigenvalue weighted by atomic mass is 9.79. The summed E-state index contributed by atoms with van der Waals surface area (Å²) in [5.41, 5.74) is 0.0997. The number of fused-ring (bicyclic) bond motifs is 1. The van der Waals surface area contributed by atoms with Crippen LogP contribution in [0.2, 0.25) is 0 Å². The molecule has 108 valence electrons. The third-order valence-electron chi connectivity index (χ3n) is 3.58. The SMILES string of the molecule is CC.C[C@H]1c2ccccc2S(=O)(=O)CC(C)(C)[C@H]1O. The summed E-state index contributed by atoms with van der Waals surface area (Å²) in [6.45, 7) is 9.49. The third-order valence-corrected chi connectivity index (χ3v) is 5.75. The second-order valence-corrected chi connectivity index (χ2v) is 7.48. The van der Waals surface area contributed by atoms with Crippen LogP contribution in [-0.4, -0.2) is 25.4 Å². The molecule has 2 rings (SSSR count). The summed E-state index contributed by atoms with van der Waals surface area (Å²) < 4.78 is 24.6. The van der Waals surface area contributed by atoms with Gasteiger partial charge in [-0.05, 0) is 11.6 Å². The molecule has 0 radical (unpaired) electrons. The Balaban J connectivity index is 0.000000861. The van der Waals surface area contributed by atoms with Crippen LogP contribution in [0.3, 0.4) is 0 Å². The maximum Gasteiger partial charge on any atom is 0.179 e. The van der Waals surface area contributed by atoms with Crippen LogP contribution >= 0.6 is 0 Å². The highest BCUT2D eigenvalue weighted by atomic mass is 32.2. The van der Waals surface area contributed by atoms with Crippen LogP contribution in [-0.2, 0) is 9.84 Å². The Morgan fingerprint density at radius 2 is 1.74 bits per heavy atom. The summed E-state index contributed by atoms with van der Waals surface area (Å²) in [4.78, 5) is 0.372. The normalized spacial score (nSPS) is 27.5. The molecule has 19 heavy (non-hydrogen) atoms. The summed E-state index contributed by atoms with van der Waals surface area (Å²) in [5.74, 6) is -0.179. The van der Waals surface area contributed by atoms with Crippen LogP contribution < -0.4 is 0 Å². The first-order valence-electron chi connectivity index (χ1n) is 6.75. The first-order chi connectivity index (χ1) is 8.76. The molecule has 0 unspecified atom stereocenters. The predicted octanol–water partition coefficient (Wildman–Crippen LogP) is 2.99. The average molecular weight is 284 g/mol. The number of aliphatic hydroxyl groups excluding tert-OH is 1. The van der Waals surface area contributed by atoms with Gasteiger partial charge in [0.15, 0.2) is 9.84 Å². The van der Waals surface area contributed by atoms with Crippen molar-refractivity contribution in [2.45, 2.75) is 51.5 Å². The summed E-state index contributed by atoms with van der Waals surface area (Å²) >= 11 is 0. The first kappa shape index (κ1) is 16.2. The molecule has 0 spiro atoms. The second kappa shape index (κ2) is 5.63. The highest BCUT2D eigenvalue weighted by Gasteiger charge is 2.42. The minimum Gasteiger partial charge on any atom is -0.392 e. The summed E-state index contributed by atoms with van der Waals surface area (Å²) in [6.07, 6.45) is -0.652. The van der Waals surface area contributed by atoms with Crippen molar-refractivity contribution >= 4 is 9.84 Å². The van der Waals surface area contributed by atoms with Crippen molar-refractivity contribution in [3.8, 4) is 0 Å². The molecule has 0 fully saturated rings. The van der Waals surface area contributed by atoms with E-state index in [4.69, 9.17) is 0 Å². The van der Waals surface area contributed by atoms with E-state index in [2.05, 4.69) is 0 Å². The molecular formula is C15H24O3S. The molecule has 1 aromatic carbocycles. The van der Waals surface area contributed by atoms with E-state index in [1.54, 1.807) is 32.0 Å². The van der Waals surface area contributed by atoms with Gasteiger partial charge >= 0.3 is 0 Å². The van der Waals surface area contributed by atoms with Crippen molar-refractivity contribution in [1.29, 1.82) is 0 Å². The third kappa shape index (κ3) is 3.00. The standard InChI is InChI=1S/C13H18O3S.C2H6/c1-9-10-6-4-5-7-11(10)17(15,16)8-13(2,3)12(9)14;1-2/h4-7,9,12,14H,8H2,1-3H3;1-2H3/t9-,12-;/m0./s1. The molecule has 0 saturated carbocycles. The fourth-order valence-corrected chi connectivity index (χ4v) is 4.84. The number of rotatable bonds is 0. The molecule has 0 bridgehead atoms. The van der Waals surface area contributed by atoms with Gasteiger partial charge < -0.3 is 5.11 Å². The van der Waals surface area contributed by atoms with Gasteiger partial charge in [0.25, 0.3) is 0 Å². The van der Waals surface area contributed by atoms with Crippen LogP contribution in [0.25, 0.3) is 0 Å². The van der Waals surface area contributed by atoms with Gasteiger partial charge in [-0.1, -0.05) is 52.8 Å². The lowest BCUT2D eigenvalue weighted by Gasteiger charge is -2.31. The van der Waals surface area contributed by atoms with E-state index in [-0.39, 0.29) is 11.7 Å². The molecule has 0 amide bonds. The quantitative estimate of drug-likeness (QED) is 0.797. The molecule has 1 aliphatic heterocycles. The minimum atomic E-state index is -3.31. The monoisotopic (exact) mass is 284 g/mol. The van der Waals surface area contributed by atoms with Gasteiger partial charge in [0.05, 0.1) is 16.8 Å². The van der Waals surface area contributed by atoms with Crippen LogP contribution in [0, 0.1) is 5.41 Å². The van der Waals surface area contributed by atoms with Crippen LogP contribution in [0.4, 0.5) is 0 Å². The van der Waals surface area contributed by atoms with E-state index < -0.39 is 21.4 Å². The molecule has 2 atom stereocenters. The van der Waals surface area contributed by atoms with Crippen molar-refractivity contribution in [3.63, 3.8) is 0 Å². The zero-order valence-electron chi connectivity index (χ0n) is 12.3. The maximum absolute atomic E-state index is 12.3. The fraction of sp³-hybridized carbons (Fsp3) is 0.600. The molecule has 0 aliphatic carbocycles. The van der Waals surface area contributed by atoms with E-state index in [0.29, 0.717) is 4.90 Å². The molecule has 4 heteroatoms.